The zero-order valence-corrected chi connectivity index (χ0v) is 11.2. The molecule has 0 fully saturated rings. The summed E-state index contributed by atoms with van der Waals surface area (Å²) in [5.41, 5.74) is 1.16. The molecule has 0 saturated carbocycles. The second-order valence-electron chi connectivity index (χ2n) is 4.07. The second kappa shape index (κ2) is 5.62. The lowest BCUT2D eigenvalue weighted by atomic mass is 10.1. The summed E-state index contributed by atoms with van der Waals surface area (Å²) < 4.78 is 0. The van der Waals surface area contributed by atoms with E-state index >= 15 is 0 Å². The van der Waals surface area contributed by atoms with Crippen molar-refractivity contribution in [3.05, 3.63) is 63.5 Å². The van der Waals surface area contributed by atoms with Crippen LogP contribution in [0.4, 0.5) is 11.1 Å². The molecule has 3 rings (SSSR count). The first-order valence-corrected chi connectivity index (χ1v) is 6.85. The molecule has 7 heteroatoms. The van der Waals surface area contributed by atoms with Crippen molar-refractivity contribution in [1.29, 1.82) is 0 Å². The van der Waals surface area contributed by atoms with Gasteiger partial charge in [0.05, 0.1) is 0 Å². The molecule has 0 atom stereocenters. The van der Waals surface area contributed by atoms with Crippen molar-refractivity contribution < 1.29 is 0 Å². The lowest BCUT2D eigenvalue weighted by Gasteiger charge is -2.02. The van der Waals surface area contributed by atoms with Crippen molar-refractivity contribution >= 4 is 22.4 Å². The maximum absolute atomic E-state index is 12.0. The minimum absolute atomic E-state index is 0.247. The van der Waals surface area contributed by atoms with Crippen LogP contribution in [0.2, 0.25) is 0 Å². The van der Waals surface area contributed by atoms with Gasteiger partial charge >= 0.3 is 0 Å². The van der Waals surface area contributed by atoms with Gasteiger partial charge in [-0.2, -0.15) is 0 Å². The molecule has 6 nitrogen and oxygen atoms in total. The van der Waals surface area contributed by atoms with Gasteiger partial charge in [-0.1, -0.05) is 30.3 Å². The average molecular weight is 285 g/mol. The van der Waals surface area contributed by atoms with Gasteiger partial charge in [-0.3, -0.25) is 9.78 Å². The standard InChI is InChI=1S/C13H11N5OS/c19-11-10(8-9-4-2-1-3-5-9)17-18-12(15-11)16-13-14-6-7-20-13/h1-7H,8H2,(H2,14,15,16,18,19). The number of benzene rings is 1. The first-order valence-electron chi connectivity index (χ1n) is 5.97. The number of anilines is 2. The van der Waals surface area contributed by atoms with Crippen molar-refractivity contribution in [2.75, 3.05) is 5.32 Å². The van der Waals surface area contributed by atoms with Gasteiger partial charge in [0.25, 0.3) is 5.56 Å². The normalized spacial score (nSPS) is 10.4. The largest absolute Gasteiger partial charge is 0.300 e. The zero-order valence-electron chi connectivity index (χ0n) is 10.4. The van der Waals surface area contributed by atoms with Crippen LogP contribution in [0.15, 0.2) is 46.7 Å². The Bertz CT molecular complexity index is 739. The van der Waals surface area contributed by atoms with Crippen LogP contribution in [0, 0.1) is 0 Å². The van der Waals surface area contributed by atoms with Crippen molar-refractivity contribution in [2.45, 2.75) is 6.42 Å². The van der Waals surface area contributed by atoms with Crippen LogP contribution in [0.1, 0.15) is 11.3 Å². The van der Waals surface area contributed by atoms with Crippen molar-refractivity contribution in [3.8, 4) is 0 Å². The SMILES string of the molecule is O=c1[nH]c(Nc2nccs2)nnc1Cc1ccccc1. The molecule has 20 heavy (non-hydrogen) atoms. The fourth-order valence-corrected chi connectivity index (χ4v) is 2.24. The number of aromatic amines is 1. The third-order valence-corrected chi connectivity index (χ3v) is 3.33. The van der Waals surface area contributed by atoms with Gasteiger partial charge in [-0.05, 0) is 5.56 Å². The molecule has 0 amide bonds. The Morgan fingerprint density at radius 3 is 2.75 bits per heavy atom. The molecule has 1 aromatic carbocycles. The molecule has 0 unspecified atom stereocenters. The van der Waals surface area contributed by atoms with E-state index in [1.54, 1.807) is 6.20 Å². The van der Waals surface area contributed by atoms with E-state index < -0.39 is 0 Å². The Balaban J connectivity index is 1.79. The number of aromatic nitrogens is 4. The van der Waals surface area contributed by atoms with E-state index in [2.05, 4.69) is 25.5 Å². The van der Waals surface area contributed by atoms with E-state index in [-0.39, 0.29) is 5.56 Å². The highest BCUT2D eigenvalue weighted by atomic mass is 32.1. The summed E-state index contributed by atoms with van der Waals surface area (Å²) >= 11 is 1.42. The number of nitrogens with zero attached hydrogens (tertiary/aromatic N) is 3. The van der Waals surface area contributed by atoms with Crippen LogP contribution >= 0.6 is 11.3 Å². The molecule has 2 N–H and O–H groups in total. The highest BCUT2D eigenvalue weighted by Gasteiger charge is 2.06. The lowest BCUT2D eigenvalue weighted by molar-refractivity contribution is 0.873. The van der Waals surface area contributed by atoms with E-state index in [4.69, 9.17) is 0 Å². The Morgan fingerprint density at radius 1 is 1.20 bits per heavy atom. The topological polar surface area (TPSA) is 83.6 Å². The summed E-state index contributed by atoms with van der Waals surface area (Å²) in [4.78, 5) is 18.7. The van der Waals surface area contributed by atoms with Crippen LogP contribution < -0.4 is 10.9 Å². The molecule has 2 heterocycles. The molecule has 0 saturated heterocycles. The smallest absolute Gasteiger partial charge is 0.274 e. The summed E-state index contributed by atoms with van der Waals surface area (Å²) in [6, 6.07) is 9.68. The Morgan fingerprint density at radius 2 is 2.05 bits per heavy atom. The highest BCUT2D eigenvalue weighted by molar-refractivity contribution is 7.13. The van der Waals surface area contributed by atoms with Crippen molar-refractivity contribution in [3.63, 3.8) is 0 Å². The van der Waals surface area contributed by atoms with Crippen LogP contribution in [-0.4, -0.2) is 20.2 Å². The van der Waals surface area contributed by atoms with E-state index in [9.17, 15) is 4.79 Å². The average Bonchev–Trinajstić information content (AvgIpc) is 2.96. The number of H-pyrrole nitrogens is 1. The first-order chi connectivity index (χ1) is 9.81. The minimum Gasteiger partial charge on any atom is -0.300 e. The molecule has 0 spiro atoms. The molecule has 2 aromatic heterocycles. The van der Waals surface area contributed by atoms with Gasteiger partial charge < -0.3 is 5.32 Å². The molecule has 3 aromatic rings. The molecule has 0 aliphatic carbocycles. The van der Waals surface area contributed by atoms with E-state index in [0.29, 0.717) is 23.2 Å². The summed E-state index contributed by atoms with van der Waals surface area (Å²) in [5, 5.41) is 13.3. The van der Waals surface area contributed by atoms with Gasteiger partial charge in [0.1, 0.15) is 5.69 Å². The third kappa shape index (κ3) is 2.89. The fourth-order valence-electron chi connectivity index (χ4n) is 1.71. The van der Waals surface area contributed by atoms with E-state index in [1.807, 2.05) is 35.7 Å². The van der Waals surface area contributed by atoms with Crippen LogP contribution in [0.25, 0.3) is 0 Å². The molecule has 0 bridgehead atoms. The maximum atomic E-state index is 12.0. The van der Waals surface area contributed by atoms with Gasteiger partial charge in [0.15, 0.2) is 5.13 Å². The second-order valence-corrected chi connectivity index (χ2v) is 4.97. The number of thiazole rings is 1. The molecular weight excluding hydrogens is 274 g/mol. The molecule has 0 aliphatic rings. The third-order valence-electron chi connectivity index (χ3n) is 2.64. The van der Waals surface area contributed by atoms with Crippen LogP contribution in [0.5, 0.6) is 0 Å². The van der Waals surface area contributed by atoms with Gasteiger partial charge in [0.2, 0.25) is 5.95 Å². The Kier molecular flexibility index (Phi) is 3.51. The van der Waals surface area contributed by atoms with Gasteiger partial charge in [0, 0.05) is 18.0 Å². The number of hydrogen-bond acceptors (Lipinski definition) is 6. The first kappa shape index (κ1) is 12.5. The maximum Gasteiger partial charge on any atom is 0.274 e. The summed E-state index contributed by atoms with van der Waals surface area (Å²) in [7, 11) is 0. The molecule has 100 valence electrons. The lowest BCUT2D eigenvalue weighted by Crippen LogP contribution is -2.18. The Hall–Kier alpha value is -2.54. The summed E-state index contributed by atoms with van der Waals surface area (Å²) in [5.74, 6) is 0.293. The number of hydrogen-bond donors (Lipinski definition) is 2. The molecule has 0 aliphatic heterocycles. The summed E-state index contributed by atoms with van der Waals surface area (Å²) in [6.07, 6.45) is 2.13. The molecule has 0 radical (unpaired) electrons. The predicted octanol–water partition coefficient (Wildman–Crippen LogP) is 1.96. The van der Waals surface area contributed by atoms with Crippen LogP contribution in [-0.2, 0) is 6.42 Å². The minimum atomic E-state index is -0.247. The fraction of sp³-hybridized carbons (Fsp3) is 0.0769. The van der Waals surface area contributed by atoms with Crippen molar-refractivity contribution in [1.82, 2.24) is 20.2 Å². The van der Waals surface area contributed by atoms with Crippen molar-refractivity contribution in [2.24, 2.45) is 0 Å². The number of nitrogens with one attached hydrogen (secondary N) is 2. The Labute approximate surface area is 118 Å². The van der Waals surface area contributed by atoms with Gasteiger partial charge in [-0.15, -0.1) is 21.5 Å². The monoisotopic (exact) mass is 285 g/mol. The summed E-state index contributed by atoms with van der Waals surface area (Å²) in [6.45, 7) is 0. The quantitative estimate of drug-likeness (QED) is 0.765. The predicted molar refractivity (Wildman–Crippen MR) is 77.3 cm³/mol. The van der Waals surface area contributed by atoms with E-state index in [1.165, 1.54) is 11.3 Å². The highest BCUT2D eigenvalue weighted by Crippen LogP contribution is 2.13. The van der Waals surface area contributed by atoms with Gasteiger partial charge in [-0.25, -0.2) is 4.98 Å². The number of rotatable bonds is 4. The zero-order chi connectivity index (χ0) is 13.8. The van der Waals surface area contributed by atoms with E-state index in [0.717, 1.165) is 5.56 Å². The van der Waals surface area contributed by atoms with Crippen LogP contribution in [0.3, 0.4) is 0 Å². The molecular formula is C13H11N5OS.